The molecule has 0 aromatic heterocycles. The van der Waals surface area contributed by atoms with E-state index in [-0.39, 0.29) is 11.7 Å². The first-order chi connectivity index (χ1) is 15.0. The van der Waals surface area contributed by atoms with Crippen molar-refractivity contribution in [2.24, 2.45) is 5.92 Å². The number of alkyl carbamates (subject to hydrolysis) is 1. The van der Waals surface area contributed by atoms with Crippen molar-refractivity contribution in [2.45, 2.75) is 31.3 Å². The van der Waals surface area contributed by atoms with Crippen molar-refractivity contribution in [1.82, 2.24) is 10.6 Å². The van der Waals surface area contributed by atoms with Crippen LogP contribution in [0.3, 0.4) is 0 Å². The smallest absolute Gasteiger partial charge is 0.406 e. The van der Waals surface area contributed by atoms with Gasteiger partial charge in [0, 0.05) is 24.6 Å². The third-order valence-electron chi connectivity index (χ3n) is 6.00. The predicted octanol–water partition coefficient (Wildman–Crippen LogP) is 3.82. The minimum Gasteiger partial charge on any atom is -0.497 e. The molecule has 1 heterocycles. The van der Waals surface area contributed by atoms with E-state index in [1.54, 1.807) is 31.4 Å². The second kappa shape index (κ2) is 10.6. The van der Waals surface area contributed by atoms with Gasteiger partial charge in [0.15, 0.2) is 0 Å². The summed E-state index contributed by atoms with van der Waals surface area (Å²) in [6, 6.07) is 12.1. The second-order valence-electron chi connectivity index (χ2n) is 7.88. The number of halogens is 1. The van der Waals surface area contributed by atoms with E-state index in [1.807, 2.05) is 12.1 Å². The average molecular weight is 431 g/mol. The van der Waals surface area contributed by atoms with E-state index in [1.165, 1.54) is 13.2 Å². The maximum Gasteiger partial charge on any atom is 0.406 e. The Hall–Kier alpha value is -2.64. The molecule has 1 fully saturated rings. The number of hydrogen-bond acceptors (Lipinski definition) is 5. The maximum absolute atomic E-state index is 15.2. The van der Waals surface area contributed by atoms with Crippen LogP contribution in [-0.4, -0.2) is 45.1 Å². The van der Waals surface area contributed by atoms with Crippen LogP contribution in [0.15, 0.2) is 42.5 Å². The molecule has 0 unspecified atom stereocenters. The number of amides is 1. The molecule has 0 aliphatic carbocycles. The molecule has 1 amide bonds. The molecule has 168 valence electrons. The minimum absolute atomic E-state index is 0.0782. The Bertz CT molecular complexity index is 886. The Labute approximate surface area is 182 Å². The first-order valence-electron chi connectivity index (χ1n) is 10.7. The highest BCUT2D eigenvalue weighted by Gasteiger charge is 2.40. The van der Waals surface area contributed by atoms with Crippen molar-refractivity contribution in [2.75, 3.05) is 33.9 Å². The van der Waals surface area contributed by atoms with E-state index in [9.17, 15) is 9.90 Å². The maximum atomic E-state index is 15.2. The molecule has 3 N–H and O–H groups in total. The predicted molar refractivity (Wildman–Crippen MR) is 118 cm³/mol. The topological polar surface area (TPSA) is 79.8 Å². The molecule has 1 aliphatic rings. The molecule has 2 aromatic rings. The van der Waals surface area contributed by atoms with Gasteiger partial charge in [-0.15, -0.1) is 0 Å². The summed E-state index contributed by atoms with van der Waals surface area (Å²) < 4.78 is 25.1. The Kier molecular flexibility index (Phi) is 7.87. The average Bonchev–Trinajstić information content (AvgIpc) is 2.81. The highest BCUT2D eigenvalue weighted by molar-refractivity contribution is 5.71. The van der Waals surface area contributed by atoms with Gasteiger partial charge in [0.1, 0.15) is 11.6 Å². The van der Waals surface area contributed by atoms with E-state index in [0.29, 0.717) is 48.4 Å². The Balaban J connectivity index is 2.00. The van der Waals surface area contributed by atoms with Gasteiger partial charge in [-0.2, -0.15) is 0 Å². The van der Waals surface area contributed by atoms with E-state index in [0.717, 1.165) is 19.4 Å². The highest BCUT2D eigenvalue weighted by Crippen LogP contribution is 2.43. The standard InChI is InChI=1S/C24H31FN2O4/c1-30-19-9-3-7-17(15-19)22-20(10-4-11-21(22)25)24(29,18-8-5-13-26-16-18)12-6-14-27-23(28)31-2/h3-4,7,9-11,15,18,26,29H,5-6,8,12-14,16H2,1-2H3,(H,27,28)/t18-,24+/m1/s1. The van der Waals surface area contributed by atoms with Gasteiger partial charge >= 0.3 is 6.09 Å². The van der Waals surface area contributed by atoms with E-state index >= 15 is 4.39 Å². The fraction of sp³-hybridized carbons (Fsp3) is 0.458. The van der Waals surface area contributed by atoms with Gasteiger partial charge < -0.3 is 25.2 Å². The summed E-state index contributed by atoms with van der Waals surface area (Å²) in [5.74, 6) is 0.156. The molecule has 0 saturated carbocycles. The molecule has 1 aliphatic heterocycles. The third kappa shape index (κ3) is 5.35. The van der Waals surface area contributed by atoms with Crippen LogP contribution < -0.4 is 15.4 Å². The van der Waals surface area contributed by atoms with E-state index in [4.69, 9.17) is 4.74 Å². The largest absolute Gasteiger partial charge is 0.497 e. The van der Waals surface area contributed by atoms with Gasteiger partial charge in [0.25, 0.3) is 0 Å². The van der Waals surface area contributed by atoms with Crippen molar-refractivity contribution in [3.05, 3.63) is 53.8 Å². The Morgan fingerprint density at radius 3 is 2.81 bits per heavy atom. The van der Waals surface area contributed by atoms with Crippen molar-refractivity contribution in [3.8, 4) is 16.9 Å². The lowest BCUT2D eigenvalue weighted by atomic mass is 9.72. The number of benzene rings is 2. The molecule has 2 atom stereocenters. The molecule has 0 bridgehead atoms. The summed E-state index contributed by atoms with van der Waals surface area (Å²) in [5.41, 5.74) is 0.344. The highest BCUT2D eigenvalue weighted by atomic mass is 19.1. The molecule has 0 radical (unpaired) electrons. The second-order valence-corrected chi connectivity index (χ2v) is 7.88. The summed E-state index contributed by atoms with van der Waals surface area (Å²) in [6.07, 6.45) is 2.17. The molecule has 0 spiro atoms. The third-order valence-corrected chi connectivity index (χ3v) is 6.00. The van der Waals surface area contributed by atoms with Crippen molar-refractivity contribution in [1.29, 1.82) is 0 Å². The van der Waals surface area contributed by atoms with Crippen LogP contribution in [0.2, 0.25) is 0 Å². The van der Waals surface area contributed by atoms with Crippen molar-refractivity contribution < 1.29 is 23.8 Å². The zero-order valence-corrected chi connectivity index (χ0v) is 18.1. The van der Waals surface area contributed by atoms with E-state index in [2.05, 4.69) is 15.4 Å². The summed E-state index contributed by atoms with van der Waals surface area (Å²) >= 11 is 0. The Morgan fingerprint density at radius 2 is 2.10 bits per heavy atom. The van der Waals surface area contributed by atoms with Crippen molar-refractivity contribution in [3.63, 3.8) is 0 Å². The molecular formula is C24H31FN2O4. The van der Waals surface area contributed by atoms with Crippen molar-refractivity contribution >= 4 is 6.09 Å². The van der Waals surface area contributed by atoms with Crippen LogP contribution in [0, 0.1) is 11.7 Å². The quantitative estimate of drug-likeness (QED) is 0.555. The molecule has 7 heteroatoms. The fourth-order valence-corrected chi connectivity index (χ4v) is 4.40. The Morgan fingerprint density at radius 1 is 1.29 bits per heavy atom. The lowest BCUT2D eigenvalue weighted by Crippen LogP contribution is -2.45. The van der Waals surface area contributed by atoms with Crippen LogP contribution >= 0.6 is 0 Å². The molecule has 3 rings (SSSR count). The lowest BCUT2D eigenvalue weighted by Gasteiger charge is -2.40. The SMILES string of the molecule is COC(=O)NCCC[C@@](O)(c1cccc(F)c1-c1cccc(OC)c1)[C@@H]1CCCNC1. The minimum atomic E-state index is -1.26. The molecule has 1 saturated heterocycles. The van der Waals surface area contributed by atoms with Gasteiger partial charge in [-0.05, 0) is 61.6 Å². The number of nitrogens with one attached hydrogen (secondary N) is 2. The number of hydrogen-bond donors (Lipinski definition) is 3. The first-order valence-corrected chi connectivity index (χ1v) is 10.7. The number of ether oxygens (including phenoxy) is 2. The van der Waals surface area contributed by atoms with Gasteiger partial charge in [-0.25, -0.2) is 9.18 Å². The fourth-order valence-electron chi connectivity index (χ4n) is 4.40. The van der Waals surface area contributed by atoms with Crippen LogP contribution in [-0.2, 0) is 10.3 Å². The number of aliphatic hydroxyl groups is 1. The lowest BCUT2D eigenvalue weighted by molar-refractivity contribution is -0.0417. The summed E-state index contributed by atoms with van der Waals surface area (Å²) in [6.45, 7) is 1.91. The van der Waals surface area contributed by atoms with Crippen LogP contribution in [0.5, 0.6) is 5.75 Å². The van der Waals surface area contributed by atoms with Gasteiger partial charge in [0.05, 0.1) is 19.8 Å². The molecule has 31 heavy (non-hydrogen) atoms. The van der Waals surface area contributed by atoms with Crippen LogP contribution in [0.4, 0.5) is 9.18 Å². The van der Waals surface area contributed by atoms with Crippen LogP contribution in [0.1, 0.15) is 31.2 Å². The van der Waals surface area contributed by atoms with Gasteiger partial charge in [0.2, 0.25) is 0 Å². The number of methoxy groups -OCH3 is 2. The van der Waals surface area contributed by atoms with E-state index < -0.39 is 11.7 Å². The summed E-state index contributed by atoms with van der Waals surface area (Å²) in [7, 11) is 2.88. The number of carbonyl (C=O) groups excluding carboxylic acids is 1. The zero-order valence-electron chi connectivity index (χ0n) is 18.1. The number of carbonyl (C=O) groups is 1. The first kappa shape index (κ1) is 23.0. The normalized spacial score (nSPS) is 18.1. The zero-order chi connectivity index (χ0) is 22.3. The van der Waals surface area contributed by atoms with Gasteiger partial charge in [-0.1, -0.05) is 24.3 Å². The number of rotatable bonds is 8. The number of piperidine rings is 1. The molecular weight excluding hydrogens is 399 g/mol. The summed E-state index contributed by atoms with van der Waals surface area (Å²) in [5, 5.41) is 18.1. The molecule has 6 nitrogen and oxygen atoms in total. The summed E-state index contributed by atoms with van der Waals surface area (Å²) in [4.78, 5) is 11.4. The van der Waals surface area contributed by atoms with Crippen LogP contribution in [0.25, 0.3) is 11.1 Å². The molecule has 2 aromatic carbocycles. The monoisotopic (exact) mass is 430 g/mol. The van der Waals surface area contributed by atoms with Gasteiger partial charge in [-0.3, -0.25) is 0 Å².